The molecular formula is C27H25N3O5. The maximum atomic E-state index is 13.1. The maximum absolute atomic E-state index is 13.1. The molecule has 0 radical (unpaired) electrons. The third-order valence-electron chi connectivity index (χ3n) is 5.28. The van der Waals surface area contributed by atoms with Crippen molar-refractivity contribution in [2.75, 3.05) is 0 Å². The van der Waals surface area contributed by atoms with Gasteiger partial charge in [-0.3, -0.25) is 4.79 Å². The molecule has 0 saturated carbocycles. The Morgan fingerprint density at radius 1 is 0.800 bits per heavy atom. The number of nitrogens with one attached hydrogen (secondary N) is 2. The quantitative estimate of drug-likeness (QED) is 0.417. The molecule has 3 aromatic carbocycles. The fourth-order valence-electron chi connectivity index (χ4n) is 3.47. The molecule has 0 heterocycles. The number of rotatable bonds is 10. The number of carboxylic acid groups (broad SMARTS) is 1. The summed E-state index contributed by atoms with van der Waals surface area (Å²) in [4.78, 5) is 37.4. The lowest BCUT2D eigenvalue weighted by Gasteiger charge is -2.22. The van der Waals surface area contributed by atoms with Crippen molar-refractivity contribution in [3.63, 3.8) is 0 Å². The first-order chi connectivity index (χ1) is 17.0. The monoisotopic (exact) mass is 471 g/mol. The first kappa shape index (κ1) is 25.0. The Bertz CT molecular complexity index is 1190. The van der Waals surface area contributed by atoms with Gasteiger partial charge in [0.25, 0.3) is 0 Å². The molecule has 0 saturated heterocycles. The Morgan fingerprint density at radius 2 is 1.40 bits per heavy atom. The van der Waals surface area contributed by atoms with Gasteiger partial charge in [0.15, 0.2) is 0 Å². The predicted octanol–water partition coefficient (Wildman–Crippen LogP) is 3.21. The summed E-state index contributed by atoms with van der Waals surface area (Å²) < 4.78 is 5.24. The molecule has 0 bridgehead atoms. The van der Waals surface area contributed by atoms with Crippen molar-refractivity contribution in [1.82, 2.24) is 10.6 Å². The van der Waals surface area contributed by atoms with Crippen LogP contribution in [-0.2, 0) is 33.8 Å². The number of nitrogens with zero attached hydrogens (tertiary/aromatic N) is 1. The smallest absolute Gasteiger partial charge is 0.408 e. The van der Waals surface area contributed by atoms with Gasteiger partial charge in [0, 0.05) is 12.8 Å². The number of carbonyl (C=O) groups is 3. The Hall–Kier alpha value is -4.64. The average molecular weight is 472 g/mol. The van der Waals surface area contributed by atoms with Crippen LogP contribution in [0.4, 0.5) is 4.79 Å². The van der Waals surface area contributed by atoms with E-state index in [-0.39, 0.29) is 19.4 Å². The van der Waals surface area contributed by atoms with Crippen LogP contribution in [0.2, 0.25) is 0 Å². The first-order valence-corrected chi connectivity index (χ1v) is 11.0. The van der Waals surface area contributed by atoms with Crippen molar-refractivity contribution >= 4 is 18.0 Å². The van der Waals surface area contributed by atoms with Crippen molar-refractivity contribution < 1.29 is 24.2 Å². The number of benzene rings is 3. The van der Waals surface area contributed by atoms with E-state index in [1.54, 1.807) is 60.7 Å². The third kappa shape index (κ3) is 7.72. The summed E-state index contributed by atoms with van der Waals surface area (Å²) in [6.07, 6.45) is -0.748. The van der Waals surface area contributed by atoms with E-state index in [2.05, 4.69) is 10.6 Å². The summed E-state index contributed by atoms with van der Waals surface area (Å²) in [5.41, 5.74) is 2.39. The summed E-state index contributed by atoms with van der Waals surface area (Å²) in [6.45, 7) is 0.0229. The zero-order valence-corrected chi connectivity index (χ0v) is 18.9. The molecule has 0 aliphatic carbocycles. The minimum absolute atomic E-state index is 0.0229. The lowest BCUT2D eigenvalue weighted by molar-refractivity contribution is -0.142. The fourth-order valence-corrected chi connectivity index (χ4v) is 3.47. The van der Waals surface area contributed by atoms with Gasteiger partial charge in [-0.1, -0.05) is 78.9 Å². The predicted molar refractivity (Wildman–Crippen MR) is 128 cm³/mol. The molecule has 0 fully saturated rings. The molecule has 8 heteroatoms. The number of amides is 2. The number of alkyl carbamates (subject to hydrolysis) is 1. The molecule has 0 aliphatic heterocycles. The molecule has 3 N–H and O–H groups in total. The number of ether oxygens (including phenoxy) is 1. The standard InChI is InChI=1S/C27H25N3O5/c28-17-22-14-8-7-13-21(22)16-24(26(32)33)29-25(31)23(15-19-9-3-1-4-10-19)30-27(34)35-18-20-11-5-2-6-12-20/h1-14,23-24H,15-16,18H2,(H,29,31)(H,30,34)(H,32,33)/t23-,24-/m1/s1. The van der Waals surface area contributed by atoms with E-state index < -0.39 is 30.1 Å². The van der Waals surface area contributed by atoms with E-state index in [0.717, 1.165) is 11.1 Å². The van der Waals surface area contributed by atoms with Crippen LogP contribution in [0.25, 0.3) is 0 Å². The van der Waals surface area contributed by atoms with Gasteiger partial charge in [-0.2, -0.15) is 5.26 Å². The minimum atomic E-state index is -1.29. The Balaban J connectivity index is 1.72. The van der Waals surface area contributed by atoms with Crippen LogP contribution in [0.5, 0.6) is 0 Å². The molecular weight excluding hydrogens is 446 g/mol. The van der Waals surface area contributed by atoms with Crippen LogP contribution in [0.1, 0.15) is 22.3 Å². The lowest BCUT2D eigenvalue weighted by atomic mass is 10.00. The Kier molecular flexibility index (Phi) is 8.97. The summed E-state index contributed by atoms with van der Waals surface area (Å²) >= 11 is 0. The number of aliphatic carboxylic acids is 1. The molecule has 2 amide bonds. The molecule has 0 spiro atoms. The van der Waals surface area contributed by atoms with Crippen LogP contribution in [-0.4, -0.2) is 35.2 Å². The van der Waals surface area contributed by atoms with Gasteiger partial charge in [-0.05, 0) is 22.8 Å². The van der Waals surface area contributed by atoms with E-state index in [4.69, 9.17) is 4.74 Å². The number of hydrogen-bond donors (Lipinski definition) is 3. The van der Waals surface area contributed by atoms with Crippen LogP contribution in [0.3, 0.4) is 0 Å². The van der Waals surface area contributed by atoms with Crippen LogP contribution < -0.4 is 10.6 Å². The van der Waals surface area contributed by atoms with E-state index in [1.165, 1.54) is 0 Å². The van der Waals surface area contributed by atoms with Gasteiger partial charge >= 0.3 is 12.1 Å². The van der Waals surface area contributed by atoms with E-state index >= 15 is 0 Å². The Labute approximate surface area is 203 Å². The Morgan fingerprint density at radius 3 is 2.03 bits per heavy atom. The van der Waals surface area contributed by atoms with Crippen molar-refractivity contribution in [3.05, 3.63) is 107 Å². The summed E-state index contributed by atoms with van der Waals surface area (Å²) in [5.74, 6) is -1.93. The number of hydrogen-bond acceptors (Lipinski definition) is 5. The number of carbonyl (C=O) groups excluding carboxylic acids is 2. The van der Waals surface area contributed by atoms with E-state index in [0.29, 0.717) is 11.1 Å². The second-order valence-corrected chi connectivity index (χ2v) is 7.82. The second kappa shape index (κ2) is 12.6. The topological polar surface area (TPSA) is 129 Å². The minimum Gasteiger partial charge on any atom is -0.480 e. The largest absolute Gasteiger partial charge is 0.480 e. The van der Waals surface area contributed by atoms with Crippen molar-refractivity contribution in [1.29, 1.82) is 5.26 Å². The van der Waals surface area contributed by atoms with Crippen molar-refractivity contribution in [2.24, 2.45) is 0 Å². The van der Waals surface area contributed by atoms with Gasteiger partial charge in [0.05, 0.1) is 11.6 Å². The zero-order chi connectivity index (χ0) is 25.0. The molecule has 3 aromatic rings. The highest BCUT2D eigenvalue weighted by molar-refractivity contribution is 5.89. The van der Waals surface area contributed by atoms with Crippen molar-refractivity contribution in [3.8, 4) is 6.07 Å². The summed E-state index contributed by atoms with van der Waals surface area (Å²) in [6, 6.07) is 24.4. The SMILES string of the molecule is N#Cc1ccccc1C[C@@H](NC(=O)[C@@H](Cc1ccccc1)NC(=O)OCc1ccccc1)C(=O)O. The zero-order valence-electron chi connectivity index (χ0n) is 18.9. The van der Waals surface area contributed by atoms with Gasteiger partial charge in [-0.25, -0.2) is 9.59 Å². The fraction of sp³-hybridized carbons (Fsp3) is 0.185. The highest BCUT2D eigenvalue weighted by Gasteiger charge is 2.28. The first-order valence-electron chi connectivity index (χ1n) is 11.0. The van der Waals surface area contributed by atoms with Crippen LogP contribution in [0, 0.1) is 11.3 Å². The number of carboxylic acids is 1. The molecule has 0 unspecified atom stereocenters. The normalized spacial score (nSPS) is 12.0. The van der Waals surface area contributed by atoms with E-state index in [1.807, 2.05) is 30.3 Å². The van der Waals surface area contributed by atoms with Gasteiger partial charge in [0.2, 0.25) is 5.91 Å². The van der Waals surface area contributed by atoms with Gasteiger partial charge < -0.3 is 20.5 Å². The van der Waals surface area contributed by atoms with E-state index in [9.17, 15) is 24.8 Å². The second-order valence-electron chi connectivity index (χ2n) is 7.82. The van der Waals surface area contributed by atoms with Gasteiger partial charge in [0.1, 0.15) is 18.7 Å². The highest BCUT2D eigenvalue weighted by Crippen LogP contribution is 2.11. The molecule has 178 valence electrons. The lowest BCUT2D eigenvalue weighted by Crippen LogP contribution is -2.53. The molecule has 8 nitrogen and oxygen atoms in total. The molecule has 0 aliphatic rings. The van der Waals surface area contributed by atoms with Crippen LogP contribution >= 0.6 is 0 Å². The molecule has 3 rings (SSSR count). The van der Waals surface area contributed by atoms with Crippen LogP contribution in [0.15, 0.2) is 84.9 Å². The number of nitriles is 1. The molecule has 0 aromatic heterocycles. The third-order valence-corrected chi connectivity index (χ3v) is 5.28. The highest BCUT2D eigenvalue weighted by atomic mass is 16.5. The maximum Gasteiger partial charge on any atom is 0.408 e. The molecule has 35 heavy (non-hydrogen) atoms. The van der Waals surface area contributed by atoms with Gasteiger partial charge in [-0.15, -0.1) is 0 Å². The summed E-state index contributed by atoms with van der Waals surface area (Å²) in [7, 11) is 0. The average Bonchev–Trinajstić information content (AvgIpc) is 2.88. The molecule has 2 atom stereocenters. The summed E-state index contributed by atoms with van der Waals surface area (Å²) in [5, 5.41) is 24.0. The van der Waals surface area contributed by atoms with Crippen molar-refractivity contribution in [2.45, 2.75) is 31.5 Å².